The zero-order valence-corrected chi connectivity index (χ0v) is 23.9. The van der Waals surface area contributed by atoms with Gasteiger partial charge in [0.25, 0.3) is 5.78 Å². The third-order valence-corrected chi connectivity index (χ3v) is 8.55. The molecule has 1 amide bonds. The van der Waals surface area contributed by atoms with Crippen LogP contribution in [0.4, 0.5) is 5.13 Å². The number of aromatic nitrogens is 2. The van der Waals surface area contributed by atoms with Gasteiger partial charge in [-0.05, 0) is 66.6 Å². The SMILES string of the molecule is CCOc1cccc(C2/C(=C(\O)c3ccc(OC)cc3)C(=O)C(=O)N2c2nnc(SCc3ccc(Cl)cc3)s2)c1. The van der Waals surface area contributed by atoms with E-state index >= 15 is 0 Å². The van der Waals surface area contributed by atoms with Crippen molar-refractivity contribution in [2.24, 2.45) is 0 Å². The van der Waals surface area contributed by atoms with Crippen LogP contribution in [-0.4, -0.2) is 40.7 Å². The second-order valence-electron chi connectivity index (χ2n) is 8.67. The monoisotopic (exact) mass is 593 g/mol. The Hall–Kier alpha value is -3.86. The third-order valence-electron chi connectivity index (χ3n) is 6.17. The van der Waals surface area contributed by atoms with Gasteiger partial charge in [0.2, 0.25) is 5.13 Å². The Morgan fingerprint density at radius 1 is 1.05 bits per heavy atom. The molecule has 2 heterocycles. The molecule has 0 aliphatic carbocycles. The fraction of sp³-hybridized carbons (Fsp3) is 0.172. The largest absolute Gasteiger partial charge is 0.507 e. The van der Waals surface area contributed by atoms with Gasteiger partial charge in [0, 0.05) is 16.3 Å². The summed E-state index contributed by atoms with van der Waals surface area (Å²) in [4.78, 5) is 28.2. The molecular weight excluding hydrogens is 570 g/mol. The van der Waals surface area contributed by atoms with Crippen LogP contribution in [0.3, 0.4) is 0 Å². The number of anilines is 1. The topological polar surface area (TPSA) is 102 Å². The molecule has 1 N–H and O–H groups in total. The van der Waals surface area contributed by atoms with Gasteiger partial charge in [-0.25, -0.2) is 0 Å². The molecule has 1 fully saturated rings. The van der Waals surface area contributed by atoms with E-state index in [-0.39, 0.29) is 16.5 Å². The summed E-state index contributed by atoms with van der Waals surface area (Å²) in [6.45, 7) is 2.31. The van der Waals surface area contributed by atoms with E-state index in [9.17, 15) is 14.7 Å². The molecule has 0 radical (unpaired) electrons. The molecule has 3 aromatic carbocycles. The molecule has 11 heteroatoms. The zero-order valence-electron chi connectivity index (χ0n) is 21.5. The van der Waals surface area contributed by atoms with E-state index < -0.39 is 17.7 Å². The smallest absolute Gasteiger partial charge is 0.301 e. The lowest BCUT2D eigenvalue weighted by Gasteiger charge is -2.23. The number of carbonyl (C=O) groups is 2. The molecule has 0 spiro atoms. The lowest BCUT2D eigenvalue weighted by Crippen LogP contribution is -2.29. The van der Waals surface area contributed by atoms with E-state index in [2.05, 4.69) is 10.2 Å². The minimum Gasteiger partial charge on any atom is -0.507 e. The summed E-state index contributed by atoms with van der Waals surface area (Å²) in [6, 6.07) is 20.3. The predicted octanol–water partition coefficient (Wildman–Crippen LogP) is 6.52. The van der Waals surface area contributed by atoms with Crippen LogP contribution in [0.25, 0.3) is 5.76 Å². The van der Waals surface area contributed by atoms with Crippen LogP contribution in [0.1, 0.15) is 29.7 Å². The number of nitrogens with zero attached hydrogens (tertiary/aromatic N) is 3. The molecule has 204 valence electrons. The normalized spacial score (nSPS) is 16.4. The van der Waals surface area contributed by atoms with Crippen molar-refractivity contribution >= 4 is 57.3 Å². The van der Waals surface area contributed by atoms with Crippen LogP contribution in [-0.2, 0) is 15.3 Å². The number of methoxy groups -OCH3 is 1. The first-order valence-electron chi connectivity index (χ1n) is 12.3. The number of ether oxygens (including phenoxy) is 2. The lowest BCUT2D eigenvalue weighted by molar-refractivity contribution is -0.132. The van der Waals surface area contributed by atoms with E-state index in [4.69, 9.17) is 21.1 Å². The number of halogens is 1. The van der Waals surface area contributed by atoms with Crippen LogP contribution in [0, 0.1) is 0 Å². The number of amides is 1. The van der Waals surface area contributed by atoms with Crippen molar-refractivity contribution < 1.29 is 24.2 Å². The quantitative estimate of drug-likeness (QED) is 0.0769. The van der Waals surface area contributed by atoms with Crippen molar-refractivity contribution in [2.45, 2.75) is 23.1 Å². The number of hydrogen-bond acceptors (Lipinski definition) is 9. The molecule has 1 aliphatic rings. The highest BCUT2D eigenvalue weighted by Gasteiger charge is 2.48. The molecule has 8 nitrogen and oxygen atoms in total. The van der Waals surface area contributed by atoms with Gasteiger partial charge in [-0.2, -0.15) is 0 Å². The summed E-state index contributed by atoms with van der Waals surface area (Å²) in [6.07, 6.45) is 0. The number of hydrogen-bond donors (Lipinski definition) is 1. The fourth-order valence-electron chi connectivity index (χ4n) is 4.27. The Balaban J connectivity index is 1.54. The molecule has 40 heavy (non-hydrogen) atoms. The van der Waals surface area contributed by atoms with Crippen molar-refractivity contribution in [3.63, 3.8) is 0 Å². The minimum absolute atomic E-state index is 0.0469. The van der Waals surface area contributed by atoms with Crippen molar-refractivity contribution in [3.8, 4) is 11.5 Å². The number of Topliss-reactive ketones (excluding diaryl/α,β-unsaturated/α-hetero) is 1. The zero-order chi connectivity index (χ0) is 28.2. The first kappa shape index (κ1) is 27.7. The van der Waals surface area contributed by atoms with Crippen LogP contribution < -0.4 is 14.4 Å². The summed E-state index contributed by atoms with van der Waals surface area (Å²) in [5.41, 5.74) is 1.97. The minimum atomic E-state index is -0.940. The highest BCUT2D eigenvalue weighted by Crippen LogP contribution is 2.44. The number of aliphatic hydroxyl groups excluding tert-OH is 1. The van der Waals surface area contributed by atoms with Crippen LogP contribution in [0.2, 0.25) is 5.02 Å². The van der Waals surface area contributed by atoms with E-state index in [0.29, 0.717) is 44.3 Å². The molecule has 1 unspecified atom stereocenters. The maximum atomic E-state index is 13.5. The summed E-state index contributed by atoms with van der Waals surface area (Å²) >= 11 is 8.64. The molecule has 4 aromatic rings. The van der Waals surface area contributed by atoms with Crippen LogP contribution in [0.15, 0.2) is 82.7 Å². The third kappa shape index (κ3) is 5.70. The van der Waals surface area contributed by atoms with E-state index in [1.54, 1.807) is 48.5 Å². The number of thioether (sulfide) groups is 1. The van der Waals surface area contributed by atoms with E-state index in [1.807, 2.05) is 31.2 Å². The van der Waals surface area contributed by atoms with Crippen molar-refractivity contribution in [2.75, 3.05) is 18.6 Å². The number of ketones is 1. The summed E-state index contributed by atoms with van der Waals surface area (Å²) < 4.78 is 11.5. The van der Waals surface area contributed by atoms with Gasteiger partial charge in [-0.15, -0.1) is 10.2 Å². The standard InChI is InChI=1S/C29H24ClN3O5S2/c1-3-38-22-6-4-5-19(15-22)24-23(25(34)18-9-13-21(37-2)14-10-18)26(35)27(36)33(24)28-31-32-29(40-28)39-16-17-7-11-20(30)12-8-17/h4-15,24,34H,3,16H2,1-2H3/b25-23+. The van der Waals surface area contributed by atoms with Crippen molar-refractivity contribution in [1.82, 2.24) is 10.2 Å². The highest BCUT2D eigenvalue weighted by molar-refractivity contribution is 8.00. The number of aliphatic hydroxyl groups is 1. The average molecular weight is 594 g/mol. The molecule has 1 atom stereocenters. The molecule has 0 bridgehead atoms. The Bertz CT molecular complexity index is 1570. The van der Waals surface area contributed by atoms with Crippen molar-refractivity contribution in [3.05, 3.63) is 100 Å². The fourth-order valence-corrected chi connectivity index (χ4v) is 6.22. The Kier molecular flexibility index (Phi) is 8.39. The summed E-state index contributed by atoms with van der Waals surface area (Å²) in [5.74, 6) is -0.112. The molecular formula is C29H24ClN3O5S2. The Morgan fingerprint density at radius 3 is 2.50 bits per heavy atom. The van der Waals surface area contributed by atoms with E-state index in [0.717, 1.165) is 5.56 Å². The number of rotatable bonds is 9. The molecule has 1 aromatic heterocycles. The first-order chi connectivity index (χ1) is 19.4. The number of benzene rings is 3. The van der Waals surface area contributed by atoms with Gasteiger partial charge in [-0.3, -0.25) is 14.5 Å². The number of carbonyl (C=O) groups excluding carboxylic acids is 2. The molecule has 1 aliphatic heterocycles. The average Bonchev–Trinajstić information content (AvgIpc) is 3.54. The molecule has 5 rings (SSSR count). The van der Waals surface area contributed by atoms with Gasteiger partial charge in [0.1, 0.15) is 17.3 Å². The molecule has 1 saturated heterocycles. The van der Waals surface area contributed by atoms with Crippen LogP contribution >= 0.6 is 34.7 Å². The second kappa shape index (κ2) is 12.1. The maximum Gasteiger partial charge on any atom is 0.301 e. The molecule has 0 saturated carbocycles. The Morgan fingerprint density at radius 2 is 1.80 bits per heavy atom. The second-order valence-corrected chi connectivity index (χ2v) is 11.3. The first-order valence-corrected chi connectivity index (χ1v) is 14.5. The predicted molar refractivity (Wildman–Crippen MR) is 156 cm³/mol. The summed E-state index contributed by atoms with van der Waals surface area (Å²) in [7, 11) is 1.54. The van der Waals surface area contributed by atoms with Gasteiger partial charge >= 0.3 is 5.91 Å². The van der Waals surface area contributed by atoms with Gasteiger partial charge in [0.05, 0.1) is 25.3 Å². The Labute approximate surface area is 244 Å². The van der Waals surface area contributed by atoms with Gasteiger partial charge in [-0.1, -0.05) is 59.0 Å². The van der Waals surface area contributed by atoms with E-state index in [1.165, 1.54) is 35.1 Å². The van der Waals surface area contributed by atoms with Crippen molar-refractivity contribution in [1.29, 1.82) is 0 Å². The van der Waals surface area contributed by atoms with Crippen LogP contribution in [0.5, 0.6) is 11.5 Å². The highest BCUT2D eigenvalue weighted by atomic mass is 35.5. The summed E-state index contributed by atoms with van der Waals surface area (Å²) in [5, 5.41) is 20.8. The van der Waals surface area contributed by atoms with Gasteiger partial charge < -0.3 is 14.6 Å². The maximum absolute atomic E-state index is 13.5. The van der Waals surface area contributed by atoms with Gasteiger partial charge in [0.15, 0.2) is 4.34 Å². The lowest BCUT2D eigenvalue weighted by atomic mass is 9.95.